The molecule has 0 fully saturated rings. The molecule has 98 valence electrons. The minimum Gasteiger partial charge on any atom is -0.321 e. The predicted octanol–water partition coefficient (Wildman–Crippen LogP) is 3.36. The number of rotatable bonds is 4. The molecule has 1 aromatic rings. The summed E-state index contributed by atoms with van der Waals surface area (Å²) in [6.45, 7) is 3.80. The van der Waals surface area contributed by atoms with Gasteiger partial charge in [-0.25, -0.2) is 23.2 Å². The van der Waals surface area contributed by atoms with E-state index in [4.69, 9.17) is 5.73 Å². The third kappa shape index (κ3) is 3.16. The summed E-state index contributed by atoms with van der Waals surface area (Å²) in [7, 11) is -1.33. The lowest BCUT2D eigenvalue weighted by molar-refractivity contribution is 0.530. The molecule has 1 aromatic carbocycles. The van der Waals surface area contributed by atoms with Crippen LogP contribution in [-0.2, 0) is 5.75 Å². The van der Waals surface area contributed by atoms with E-state index in [9.17, 15) is 13.2 Å². The number of benzene rings is 1. The molecule has 0 spiro atoms. The molecule has 0 aliphatic heterocycles. The molecular weight excluding hydrogens is 247 g/mol. The molecule has 0 aromatic heterocycles. The van der Waals surface area contributed by atoms with Crippen LogP contribution in [0.1, 0.15) is 19.4 Å². The zero-order chi connectivity index (χ0) is 13.2. The fraction of sp³-hybridized carbons (Fsp3) is 0.500. The Balaban J connectivity index is 3.10. The van der Waals surface area contributed by atoms with Gasteiger partial charge in [0, 0.05) is 28.8 Å². The highest BCUT2D eigenvalue weighted by Gasteiger charge is 2.25. The topological polar surface area (TPSA) is 26.0 Å². The zero-order valence-electron chi connectivity index (χ0n) is 10.3. The molecule has 0 aliphatic carbocycles. The molecule has 1 rings (SSSR count). The van der Waals surface area contributed by atoms with Crippen molar-refractivity contribution in [3.63, 3.8) is 0 Å². The van der Waals surface area contributed by atoms with Gasteiger partial charge in [-0.2, -0.15) is 0 Å². The van der Waals surface area contributed by atoms with Gasteiger partial charge in [-0.05, 0) is 18.9 Å². The lowest BCUT2D eigenvalue weighted by atomic mass is 10.2. The Kier molecular flexibility index (Phi) is 4.49. The highest BCUT2D eigenvalue weighted by Crippen LogP contribution is 2.50. The Bertz CT molecular complexity index is 386. The van der Waals surface area contributed by atoms with Crippen LogP contribution in [0, 0.1) is 17.5 Å². The molecular formula is C12H18F3NS. The van der Waals surface area contributed by atoms with E-state index in [1.165, 1.54) is 0 Å². The fourth-order valence-electron chi connectivity index (χ4n) is 1.54. The maximum absolute atomic E-state index is 13.5. The average molecular weight is 265 g/mol. The van der Waals surface area contributed by atoms with Crippen molar-refractivity contribution in [3.8, 4) is 0 Å². The first kappa shape index (κ1) is 14.4. The molecule has 0 heterocycles. The number of nitrogens with two attached hydrogens (primary N) is 1. The van der Waals surface area contributed by atoms with E-state index < -0.39 is 27.5 Å². The van der Waals surface area contributed by atoms with Gasteiger partial charge in [-0.3, -0.25) is 0 Å². The fourth-order valence-corrected chi connectivity index (χ4v) is 3.46. The number of hydrogen-bond donors (Lipinski definition) is 1. The molecule has 0 radical (unpaired) electrons. The molecule has 5 heteroatoms. The highest BCUT2D eigenvalue weighted by atomic mass is 32.3. The summed E-state index contributed by atoms with van der Waals surface area (Å²) in [5.41, 5.74) is 5.82. The maximum atomic E-state index is 13.5. The Labute approximate surface area is 102 Å². The molecule has 2 N–H and O–H groups in total. The molecule has 0 saturated carbocycles. The average Bonchev–Trinajstić information content (AvgIpc) is 2.22. The molecule has 0 saturated heterocycles. The van der Waals surface area contributed by atoms with Crippen molar-refractivity contribution in [1.82, 2.24) is 0 Å². The van der Waals surface area contributed by atoms with Crippen LogP contribution in [0.2, 0.25) is 0 Å². The third-order valence-electron chi connectivity index (χ3n) is 3.14. The molecule has 17 heavy (non-hydrogen) atoms. The van der Waals surface area contributed by atoms with Crippen LogP contribution in [0.5, 0.6) is 0 Å². The van der Waals surface area contributed by atoms with Crippen molar-refractivity contribution in [2.45, 2.75) is 25.0 Å². The molecule has 0 bridgehead atoms. The second kappa shape index (κ2) is 5.31. The summed E-state index contributed by atoms with van der Waals surface area (Å²) >= 11 is 0. The van der Waals surface area contributed by atoms with Gasteiger partial charge in [-0.1, -0.05) is 6.92 Å². The van der Waals surface area contributed by atoms with Gasteiger partial charge in [0.15, 0.2) is 0 Å². The van der Waals surface area contributed by atoms with Gasteiger partial charge in [0.25, 0.3) is 0 Å². The minimum absolute atomic E-state index is 0.0527. The van der Waals surface area contributed by atoms with Gasteiger partial charge in [0.1, 0.15) is 17.5 Å². The van der Waals surface area contributed by atoms with Crippen LogP contribution < -0.4 is 5.73 Å². The summed E-state index contributed by atoms with van der Waals surface area (Å²) < 4.78 is 39.9. The van der Waals surface area contributed by atoms with E-state index >= 15 is 0 Å². The minimum atomic E-state index is -1.33. The molecule has 0 amide bonds. The van der Waals surface area contributed by atoms with Crippen LogP contribution in [0.3, 0.4) is 0 Å². The monoisotopic (exact) mass is 265 g/mol. The van der Waals surface area contributed by atoms with E-state index in [2.05, 4.69) is 0 Å². The van der Waals surface area contributed by atoms with E-state index in [-0.39, 0.29) is 16.7 Å². The lowest BCUT2D eigenvalue weighted by Gasteiger charge is -2.39. The quantitative estimate of drug-likeness (QED) is 0.887. The van der Waals surface area contributed by atoms with Crippen molar-refractivity contribution in [2.75, 3.05) is 12.0 Å². The summed E-state index contributed by atoms with van der Waals surface area (Å²) in [5, 5.41) is -0.114. The Morgan fingerprint density at radius 2 is 1.71 bits per heavy atom. The lowest BCUT2D eigenvalue weighted by Crippen LogP contribution is -2.27. The van der Waals surface area contributed by atoms with Crippen LogP contribution in [0.15, 0.2) is 12.1 Å². The summed E-state index contributed by atoms with van der Waals surface area (Å²) in [6, 6.07) is 1.43. The van der Waals surface area contributed by atoms with Crippen molar-refractivity contribution in [3.05, 3.63) is 35.1 Å². The molecule has 1 nitrogen and oxygen atoms in total. The summed E-state index contributed by atoms with van der Waals surface area (Å²) in [6.07, 6.45) is 1.96. The number of hydrogen-bond acceptors (Lipinski definition) is 1. The van der Waals surface area contributed by atoms with Crippen molar-refractivity contribution < 1.29 is 13.2 Å². The van der Waals surface area contributed by atoms with Crippen LogP contribution >= 0.6 is 10.0 Å². The van der Waals surface area contributed by atoms with E-state index in [0.29, 0.717) is 0 Å². The first-order chi connectivity index (χ1) is 7.80. The maximum Gasteiger partial charge on any atom is 0.133 e. The van der Waals surface area contributed by atoms with Gasteiger partial charge in [0.05, 0.1) is 0 Å². The Morgan fingerprint density at radius 1 is 1.24 bits per heavy atom. The van der Waals surface area contributed by atoms with Crippen molar-refractivity contribution >= 4 is 10.0 Å². The van der Waals surface area contributed by atoms with Crippen molar-refractivity contribution in [1.29, 1.82) is 0 Å². The standard InChI is InChI=1S/C12H18F3NS/c1-4-17(3,8(2)16)7-10-11(14)5-9(13)6-12(10)15/h5-6,8H,4,7,16H2,1-3H3. The predicted molar refractivity (Wildman–Crippen MR) is 67.7 cm³/mol. The van der Waals surface area contributed by atoms with Crippen LogP contribution in [0.4, 0.5) is 13.2 Å². The largest absolute Gasteiger partial charge is 0.321 e. The first-order valence-electron chi connectivity index (χ1n) is 5.41. The Morgan fingerprint density at radius 3 is 2.06 bits per heavy atom. The second-order valence-corrected chi connectivity index (χ2v) is 8.65. The summed E-state index contributed by atoms with van der Waals surface area (Å²) in [5.74, 6) is -1.51. The van der Waals surface area contributed by atoms with Gasteiger partial charge >= 0.3 is 0 Å². The normalized spacial score (nSPS) is 18.5. The molecule has 0 aliphatic rings. The highest BCUT2D eigenvalue weighted by molar-refractivity contribution is 8.32. The number of halogens is 3. The zero-order valence-corrected chi connectivity index (χ0v) is 11.1. The first-order valence-corrected chi connectivity index (χ1v) is 7.86. The van der Waals surface area contributed by atoms with E-state index in [1.54, 1.807) is 0 Å². The second-order valence-electron chi connectivity index (χ2n) is 4.34. The van der Waals surface area contributed by atoms with Gasteiger partial charge < -0.3 is 5.73 Å². The smallest absolute Gasteiger partial charge is 0.133 e. The van der Waals surface area contributed by atoms with Crippen LogP contribution in [0.25, 0.3) is 0 Å². The van der Waals surface area contributed by atoms with Crippen LogP contribution in [-0.4, -0.2) is 17.4 Å². The van der Waals surface area contributed by atoms with Gasteiger partial charge in [-0.15, -0.1) is 0 Å². The van der Waals surface area contributed by atoms with E-state index in [1.807, 2.05) is 20.1 Å². The Hall–Kier alpha value is -0.680. The van der Waals surface area contributed by atoms with Crippen molar-refractivity contribution in [2.24, 2.45) is 5.73 Å². The third-order valence-corrected chi connectivity index (χ3v) is 7.20. The molecule has 2 unspecified atom stereocenters. The molecule has 2 atom stereocenters. The SMILES string of the molecule is CCS(C)(Cc1c(F)cc(F)cc1F)C(C)N. The van der Waals surface area contributed by atoms with E-state index in [0.717, 1.165) is 17.9 Å². The summed E-state index contributed by atoms with van der Waals surface area (Å²) in [4.78, 5) is 0. The van der Waals surface area contributed by atoms with Gasteiger partial charge in [0.2, 0.25) is 0 Å².